The Bertz CT molecular complexity index is 964. The molecule has 0 aromatic heterocycles. The lowest BCUT2D eigenvalue weighted by Gasteiger charge is -2.52. The average molecular weight is 508 g/mol. The van der Waals surface area contributed by atoms with E-state index in [4.69, 9.17) is 19.4 Å². The average Bonchev–Trinajstić information content (AvgIpc) is 3.21. The van der Waals surface area contributed by atoms with E-state index in [9.17, 15) is 4.79 Å². The van der Waals surface area contributed by atoms with Crippen LogP contribution in [0.15, 0.2) is 60.7 Å². The SMILES string of the molecule is O=C(OC1C[N+]2(CCCOc3ccccc3)CCC1CC2)C1(c2ccccc2)CCCCCC1.O=C[O-]. The summed E-state index contributed by atoms with van der Waals surface area (Å²) >= 11 is 0. The molecule has 3 heterocycles. The van der Waals surface area contributed by atoms with Crippen molar-refractivity contribution in [1.29, 1.82) is 0 Å². The van der Waals surface area contributed by atoms with Gasteiger partial charge in [0, 0.05) is 31.7 Å². The lowest BCUT2D eigenvalue weighted by Crippen LogP contribution is -2.65. The number of ether oxygens (including phenoxy) is 2. The van der Waals surface area contributed by atoms with Crippen LogP contribution in [0.3, 0.4) is 0 Å². The molecule has 0 radical (unpaired) electrons. The summed E-state index contributed by atoms with van der Waals surface area (Å²) in [6.07, 6.45) is 9.96. The molecule has 2 bridgehead atoms. The van der Waals surface area contributed by atoms with Crippen LogP contribution in [0.4, 0.5) is 0 Å². The fourth-order valence-corrected chi connectivity index (χ4v) is 6.73. The lowest BCUT2D eigenvalue weighted by atomic mass is 9.74. The van der Waals surface area contributed by atoms with Crippen LogP contribution in [0, 0.1) is 5.92 Å². The van der Waals surface area contributed by atoms with Crippen molar-refractivity contribution in [1.82, 2.24) is 0 Å². The molecule has 1 saturated carbocycles. The molecule has 3 saturated heterocycles. The predicted molar refractivity (Wildman–Crippen MR) is 141 cm³/mol. The number of benzene rings is 2. The van der Waals surface area contributed by atoms with E-state index in [1.165, 1.54) is 38.8 Å². The van der Waals surface area contributed by atoms with Gasteiger partial charge in [-0.2, -0.15) is 0 Å². The molecule has 6 nitrogen and oxygen atoms in total. The highest BCUT2D eigenvalue weighted by Gasteiger charge is 2.50. The maximum atomic E-state index is 13.9. The lowest BCUT2D eigenvalue weighted by molar-refractivity contribution is -0.946. The molecule has 0 spiro atoms. The number of carbonyl (C=O) groups excluding carboxylic acids is 2. The van der Waals surface area contributed by atoms with E-state index >= 15 is 0 Å². The zero-order valence-corrected chi connectivity index (χ0v) is 21.9. The summed E-state index contributed by atoms with van der Waals surface area (Å²) < 4.78 is 13.5. The molecule has 0 N–H and O–H groups in total. The van der Waals surface area contributed by atoms with Gasteiger partial charge in [0.25, 0.3) is 0 Å². The Balaban J connectivity index is 0.00000102. The first-order valence-electron chi connectivity index (χ1n) is 14.0. The third-order valence-corrected chi connectivity index (χ3v) is 8.76. The van der Waals surface area contributed by atoms with Crippen LogP contribution in [0.5, 0.6) is 5.75 Å². The van der Waals surface area contributed by atoms with Gasteiger partial charge in [0.1, 0.15) is 12.3 Å². The first kappa shape index (κ1) is 27.2. The summed E-state index contributed by atoms with van der Waals surface area (Å²) in [6, 6.07) is 20.6. The molecule has 0 amide bonds. The van der Waals surface area contributed by atoms with Gasteiger partial charge in [-0.15, -0.1) is 0 Å². The zero-order valence-electron chi connectivity index (χ0n) is 21.9. The molecule has 4 fully saturated rings. The Kier molecular flexibility index (Phi) is 9.62. The second kappa shape index (κ2) is 13.1. The van der Waals surface area contributed by atoms with Crippen LogP contribution in [-0.4, -0.2) is 55.8 Å². The molecule has 2 aromatic rings. The summed E-state index contributed by atoms with van der Waals surface area (Å²) in [5.74, 6) is 1.52. The minimum atomic E-state index is -0.500. The number of rotatable bonds is 8. The zero-order chi connectivity index (χ0) is 26.0. The van der Waals surface area contributed by atoms with Gasteiger partial charge in [0.15, 0.2) is 6.10 Å². The molecule has 2 aromatic carbocycles. The van der Waals surface area contributed by atoms with Gasteiger partial charge in [-0.1, -0.05) is 74.2 Å². The van der Waals surface area contributed by atoms with Gasteiger partial charge in [-0.25, -0.2) is 0 Å². The molecular weight excluding hydrogens is 466 g/mol. The van der Waals surface area contributed by atoms with Crippen LogP contribution in [0.1, 0.15) is 63.4 Å². The number of nitrogens with zero attached hydrogens (tertiary/aromatic N) is 1. The molecule has 1 unspecified atom stereocenters. The van der Waals surface area contributed by atoms with E-state index in [2.05, 4.69) is 24.3 Å². The monoisotopic (exact) mass is 507 g/mol. The van der Waals surface area contributed by atoms with E-state index in [1.807, 2.05) is 36.4 Å². The number of carboxylic acid groups (broad SMARTS) is 1. The summed E-state index contributed by atoms with van der Waals surface area (Å²) in [4.78, 5) is 22.1. The van der Waals surface area contributed by atoms with Crippen LogP contribution in [-0.2, 0) is 19.7 Å². The first-order valence-corrected chi connectivity index (χ1v) is 14.0. The fourth-order valence-electron chi connectivity index (χ4n) is 6.73. The van der Waals surface area contributed by atoms with E-state index in [0.717, 1.165) is 67.6 Å². The normalized spacial score (nSPS) is 26.2. The number of carbonyl (C=O) groups is 2. The highest BCUT2D eigenvalue weighted by Crippen LogP contribution is 2.42. The topological polar surface area (TPSA) is 75.7 Å². The Morgan fingerprint density at radius 3 is 2.16 bits per heavy atom. The fraction of sp³-hybridized carbons (Fsp3) is 0.548. The Labute approximate surface area is 221 Å². The van der Waals surface area contributed by atoms with Gasteiger partial charge in [-0.05, 0) is 30.5 Å². The minimum Gasteiger partial charge on any atom is -0.554 e. The standard InChI is InChI=1S/C30H40NO3.CH2O2/c32-29(30(18-9-1-2-10-19-30)26-12-5-3-6-13-26)34-28-24-31(21-16-25(28)17-22-31)20-11-23-33-27-14-7-4-8-15-27;2-1-3/h3-8,12-15,25,28H,1-2,9-11,16-24H2;1H,(H,2,3)/q+1;/p-1. The number of hydrogen-bond donors (Lipinski definition) is 0. The van der Waals surface area contributed by atoms with Crippen molar-refractivity contribution >= 4 is 12.4 Å². The maximum absolute atomic E-state index is 13.9. The summed E-state index contributed by atoms with van der Waals surface area (Å²) in [5.41, 5.74) is 0.697. The molecule has 37 heavy (non-hydrogen) atoms. The van der Waals surface area contributed by atoms with Gasteiger partial charge in [-0.3, -0.25) is 4.79 Å². The van der Waals surface area contributed by atoms with Gasteiger partial charge in [0.05, 0.1) is 31.7 Å². The number of para-hydroxylation sites is 1. The highest BCUT2D eigenvalue weighted by molar-refractivity contribution is 5.83. The number of esters is 1. The molecule has 1 atom stereocenters. The van der Waals surface area contributed by atoms with E-state index in [-0.39, 0.29) is 12.1 Å². The van der Waals surface area contributed by atoms with E-state index in [1.54, 1.807) is 0 Å². The largest absolute Gasteiger partial charge is 0.554 e. The van der Waals surface area contributed by atoms with Crippen LogP contribution in [0.25, 0.3) is 0 Å². The van der Waals surface area contributed by atoms with Crippen molar-refractivity contribution in [3.8, 4) is 5.75 Å². The Morgan fingerprint density at radius 2 is 1.54 bits per heavy atom. The third-order valence-electron chi connectivity index (χ3n) is 8.76. The molecule has 6 heteroatoms. The molecule has 6 rings (SSSR count). The Morgan fingerprint density at radius 1 is 0.946 bits per heavy atom. The van der Waals surface area contributed by atoms with Gasteiger partial charge < -0.3 is 23.9 Å². The van der Waals surface area contributed by atoms with E-state index in [0.29, 0.717) is 5.92 Å². The van der Waals surface area contributed by atoms with Crippen molar-refractivity contribution in [2.24, 2.45) is 5.92 Å². The van der Waals surface area contributed by atoms with Crippen LogP contribution < -0.4 is 9.84 Å². The number of fused-ring (bicyclic) bond motifs is 3. The second-order valence-electron chi connectivity index (χ2n) is 10.9. The maximum Gasteiger partial charge on any atom is 0.317 e. The summed E-state index contributed by atoms with van der Waals surface area (Å²) in [5, 5.41) is 8.25. The van der Waals surface area contributed by atoms with Crippen LogP contribution in [0.2, 0.25) is 0 Å². The summed E-state index contributed by atoms with van der Waals surface area (Å²) in [7, 11) is 0. The Hall–Kier alpha value is -2.86. The van der Waals surface area contributed by atoms with Crippen molar-refractivity contribution in [3.63, 3.8) is 0 Å². The van der Waals surface area contributed by atoms with Gasteiger partial charge in [0.2, 0.25) is 0 Å². The van der Waals surface area contributed by atoms with Crippen molar-refractivity contribution in [2.75, 3.05) is 32.8 Å². The smallest absolute Gasteiger partial charge is 0.317 e. The van der Waals surface area contributed by atoms with Crippen molar-refractivity contribution in [2.45, 2.75) is 69.3 Å². The number of hydrogen-bond acceptors (Lipinski definition) is 5. The molecule has 1 aliphatic carbocycles. The molecule has 200 valence electrons. The second-order valence-corrected chi connectivity index (χ2v) is 10.9. The van der Waals surface area contributed by atoms with Gasteiger partial charge >= 0.3 is 5.97 Å². The third kappa shape index (κ3) is 6.72. The number of quaternary nitrogens is 1. The predicted octanol–water partition coefficient (Wildman–Crippen LogP) is 4.27. The quantitative estimate of drug-likeness (QED) is 0.175. The highest BCUT2D eigenvalue weighted by atomic mass is 16.5. The first-order chi connectivity index (χ1) is 18.1. The van der Waals surface area contributed by atoms with Crippen LogP contribution >= 0.6 is 0 Å². The summed E-state index contributed by atoms with van der Waals surface area (Å²) in [6.45, 7) is 4.76. The molecule has 3 aliphatic heterocycles. The van der Waals surface area contributed by atoms with Crippen molar-refractivity contribution in [3.05, 3.63) is 66.2 Å². The molecular formula is C31H41NO5. The number of piperidine rings is 3. The van der Waals surface area contributed by atoms with E-state index < -0.39 is 11.9 Å². The molecule has 4 aliphatic rings. The van der Waals surface area contributed by atoms with Crippen molar-refractivity contribution < 1.29 is 28.7 Å². The minimum absolute atomic E-state index is 0.0462.